The number of Topliss-reactive ketones (excluding diaryl/α,β-unsaturated/α-hetero) is 2. The van der Waals surface area contributed by atoms with E-state index >= 15 is 0 Å². The molecule has 5 atom stereocenters. The van der Waals surface area contributed by atoms with E-state index in [1.165, 1.54) is 6.92 Å². The second-order valence-corrected chi connectivity index (χ2v) is 13.2. The highest BCUT2D eigenvalue weighted by Gasteiger charge is 2.72. The first-order valence-electron chi connectivity index (χ1n) is 12.0. The number of carbonyl (C=O) groups is 2. The Kier molecular flexibility index (Phi) is 6.60. The summed E-state index contributed by atoms with van der Waals surface area (Å²) in [6.45, 7) is 13.1. The van der Waals surface area contributed by atoms with Crippen LogP contribution in [-0.2, 0) is 4.74 Å². The number of nitrogens with two attached hydrogens (primary N) is 2. The minimum atomic E-state index is -1.94. The van der Waals surface area contributed by atoms with Crippen LogP contribution in [0.3, 0.4) is 0 Å². The Morgan fingerprint density at radius 3 is 2.36 bits per heavy atom. The molecule has 3 aliphatic rings. The van der Waals surface area contributed by atoms with E-state index in [2.05, 4.69) is 6.58 Å². The molecule has 10 heteroatoms. The van der Waals surface area contributed by atoms with Crippen LogP contribution >= 0.6 is 34.8 Å². The second-order valence-electron chi connectivity index (χ2n) is 11.5. The Bertz CT molecular complexity index is 1180. The summed E-state index contributed by atoms with van der Waals surface area (Å²) in [5.74, 6) is 2.86. The summed E-state index contributed by atoms with van der Waals surface area (Å²) in [5.41, 5.74) is -2.42. The number of benzene rings is 1. The highest BCUT2D eigenvalue weighted by atomic mass is 35.5. The largest absolute Gasteiger partial charge is 0.868 e. The van der Waals surface area contributed by atoms with Gasteiger partial charge in [-0.15, -0.1) is 34.8 Å². The molecule has 4 rings (SSSR count). The van der Waals surface area contributed by atoms with Crippen LogP contribution in [0.5, 0.6) is 11.5 Å². The van der Waals surface area contributed by atoms with Gasteiger partial charge in [-0.05, 0) is 69.1 Å². The van der Waals surface area contributed by atoms with Crippen molar-refractivity contribution in [1.82, 2.24) is 0 Å². The number of halogens is 3. The van der Waals surface area contributed by atoms with Crippen molar-refractivity contribution < 1.29 is 30.0 Å². The minimum Gasteiger partial charge on any atom is -0.868 e. The number of alkyl halides is 3. The zero-order valence-electron chi connectivity index (χ0n) is 21.1. The molecule has 198 valence electrons. The molecule has 2 aliphatic carbocycles. The molecule has 0 spiro atoms. The molecular weight excluding hydrogens is 527 g/mol. The van der Waals surface area contributed by atoms with E-state index in [-0.39, 0.29) is 46.5 Å². The topological polar surface area (TPSA) is 129 Å². The van der Waals surface area contributed by atoms with Gasteiger partial charge in [0.1, 0.15) is 10.6 Å². The van der Waals surface area contributed by atoms with E-state index < -0.39 is 49.9 Å². The van der Waals surface area contributed by atoms with Gasteiger partial charge in [0.15, 0.2) is 17.1 Å². The van der Waals surface area contributed by atoms with Gasteiger partial charge >= 0.3 is 0 Å². The third-order valence-corrected chi connectivity index (χ3v) is 10.8. The first-order valence-corrected chi connectivity index (χ1v) is 13.3. The number of rotatable bonds is 3. The number of fused-ring (bicyclic) bond motifs is 2. The number of ketones is 2. The van der Waals surface area contributed by atoms with Crippen LogP contribution in [0, 0.1) is 18.3 Å². The zero-order chi connectivity index (χ0) is 27.2. The Balaban J connectivity index is 2.05. The summed E-state index contributed by atoms with van der Waals surface area (Å²) >= 11 is 20.6. The Hall–Kier alpha value is -1.35. The van der Waals surface area contributed by atoms with Crippen LogP contribution < -0.4 is 16.4 Å². The molecule has 7 nitrogen and oxygen atoms in total. The molecule has 1 heterocycles. The molecule has 1 aromatic carbocycles. The number of carbonyl (C=O) groups excluding carboxylic acids is 2. The number of phenolic OH excluding ortho intramolecular Hbond substituents is 1. The van der Waals surface area contributed by atoms with Gasteiger partial charge in [0.2, 0.25) is 5.78 Å². The highest BCUT2D eigenvalue weighted by Crippen LogP contribution is 2.61. The molecule has 1 aromatic rings. The number of hydrogen-bond acceptors (Lipinski definition) is 6. The molecule has 0 bridgehead atoms. The van der Waals surface area contributed by atoms with Crippen molar-refractivity contribution in [2.45, 2.75) is 87.1 Å². The maximum Gasteiger partial charge on any atom is 0.203 e. The molecular formula is C26H33Cl3N2O5. The van der Waals surface area contributed by atoms with E-state index in [0.29, 0.717) is 6.42 Å². The average Bonchev–Trinajstić information content (AvgIpc) is 2.79. The van der Waals surface area contributed by atoms with Gasteiger partial charge < -0.3 is 14.9 Å². The van der Waals surface area contributed by atoms with E-state index in [1.807, 2.05) is 13.8 Å². The van der Waals surface area contributed by atoms with E-state index in [0.717, 1.165) is 17.4 Å². The lowest BCUT2D eigenvalue weighted by Gasteiger charge is -2.59. The molecule has 5 N–H and O–H groups in total. The molecule has 0 amide bonds. The molecule has 36 heavy (non-hydrogen) atoms. The minimum absolute atomic E-state index is 0.00937. The number of ether oxygens (including phenoxy) is 1. The standard InChI is InChI=1S/C26H33Cl3N2O5/c1-11-7-8-14(27)23(3,4)13(11)9-26-22(35)16-17(19(32)12(2)20(33)18(16)31-30)21(34)25(26,29)10-15(28)24(5,6)36-26/h13-15,31-33H,1,7-10,30H2,2-6H3/t13?,14-,15?,25-,26-/m0/s1. The van der Waals surface area contributed by atoms with Crippen LogP contribution in [0.1, 0.15) is 79.7 Å². The van der Waals surface area contributed by atoms with Crippen molar-refractivity contribution >= 4 is 52.1 Å². The fraction of sp³-hybridized carbons (Fsp3) is 0.615. The molecule has 0 aromatic heterocycles. The van der Waals surface area contributed by atoms with Gasteiger partial charge in [-0.1, -0.05) is 26.0 Å². The lowest BCUT2D eigenvalue weighted by molar-refractivity contribution is -0.588. The molecule has 2 unspecified atom stereocenters. The monoisotopic (exact) mass is 558 g/mol. The SMILES string of the molecule is C=C1CC[C@H](Cl)C(C)(C)C1C[C@@]12OC(C)(C)C(Cl)C[C@]1(Cl)C(=O)c1c(O)c(C)c([O-])c([NH2+]N)c1C2=O. The first kappa shape index (κ1) is 27.7. The van der Waals surface area contributed by atoms with Crippen LogP contribution in [0.2, 0.25) is 0 Å². The number of phenols is 1. The van der Waals surface area contributed by atoms with Crippen LogP contribution in [0.25, 0.3) is 0 Å². The second kappa shape index (κ2) is 8.58. The third-order valence-electron chi connectivity index (χ3n) is 8.74. The van der Waals surface area contributed by atoms with E-state index in [1.54, 1.807) is 13.8 Å². The van der Waals surface area contributed by atoms with Gasteiger partial charge in [0, 0.05) is 5.38 Å². The average molecular weight is 560 g/mol. The quantitative estimate of drug-likeness (QED) is 0.129. The Morgan fingerprint density at radius 2 is 1.78 bits per heavy atom. The maximum atomic E-state index is 14.6. The predicted molar refractivity (Wildman–Crippen MR) is 137 cm³/mol. The predicted octanol–water partition coefficient (Wildman–Crippen LogP) is 3.73. The van der Waals surface area contributed by atoms with E-state index in [9.17, 15) is 19.8 Å². The fourth-order valence-electron chi connectivity index (χ4n) is 6.23. The van der Waals surface area contributed by atoms with Crippen LogP contribution in [0.4, 0.5) is 5.69 Å². The Labute approximate surface area is 226 Å². The Morgan fingerprint density at radius 1 is 1.17 bits per heavy atom. The number of aromatic hydroxyl groups is 1. The van der Waals surface area contributed by atoms with Crippen LogP contribution in [-0.4, -0.2) is 43.5 Å². The highest BCUT2D eigenvalue weighted by molar-refractivity contribution is 6.45. The fourth-order valence-corrected chi connectivity index (χ4v) is 7.29. The van der Waals surface area contributed by atoms with Gasteiger partial charge in [0.25, 0.3) is 0 Å². The molecule has 2 fully saturated rings. The number of allylic oxidation sites excluding steroid dienone is 1. The lowest BCUT2D eigenvalue weighted by Crippen LogP contribution is -2.86. The third kappa shape index (κ3) is 3.50. The number of quaternary nitrogens is 1. The maximum absolute atomic E-state index is 14.6. The normalized spacial score (nSPS) is 35.4. The molecule has 0 radical (unpaired) electrons. The van der Waals surface area contributed by atoms with Gasteiger partial charge in [0.05, 0.1) is 22.1 Å². The van der Waals surface area contributed by atoms with E-state index in [4.69, 9.17) is 45.4 Å². The van der Waals surface area contributed by atoms with Gasteiger partial charge in [-0.25, -0.2) is 5.43 Å². The van der Waals surface area contributed by atoms with Crippen molar-refractivity contribution in [1.29, 1.82) is 0 Å². The summed E-state index contributed by atoms with van der Waals surface area (Å²) in [6.07, 6.45) is 1.31. The van der Waals surface area contributed by atoms with Crippen molar-refractivity contribution in [2.24, 2.45) is 17.2 Å². The van der Waals surface area contributed by atoms with Crippen molar-refractivity contribution in [3.05, 3.63) is 28.8 Å². The molecule has 1 saturated heterocycles. The van der Waals surface area contributed by atoms with Crippen molar-refractivity contribution in [3.8, 4) is 11.5 Å². The zero-order valence-corrected chi connectivity index (χ0v) is 23.4. The summed E-state index contributed by atoms with van der Waals surface area (Å²) in [7, 11) is 0. The summed E-state index contributed by atoms with van der Waals surface area (Å²) in [6, 6.07) is 0. The molecule has 1 aliphatic heterocycles. The lowest BCUT2D eigenvalue weighted by atomic mass is 9.56. The smallest absolute Gasteiger partial charge is 0.203 e. The van der Waals surface area contributed by atoms with Gasteiger partial charge in [-0.3, -0.25) is 9.59 Å². The summed E-state index contributed by atoms with van der Waals surface area (Å²) in [5, 5.41) is 23.0. The van der Waals surface area contributed by atoms with Crippen molar-refractivity contribution in [2.75, 3.05) is 0 Å². The van der Waals surface area contributed by atoms with Crippen LogP contribution in [0.15, 0.2) is 12.2 Å². The summed E-state index contributed by atoms with van der Waals surface area (Å²) in [4.78, 5) is 26.9. The van der Waals surface area contributed by atoms with Crippen molar-refractivity contribution in [3.63, 3.8) is 0 Å². The number of hydrogen-bond donors (Lipinski definition) is 3. The summed E-state index contributed by atoms with van der Waals surface area (Å²) < 4.78 is 6.55. The van der Waals surface area contributed by atoms with Gasteiger partial charge in [-0.2, -0.15) is 5.84 Å². The first-order chi connectivity index (χ1) is 16.5. The molecule has 1 saturated carbocycles.